The number of aromatic amines is 1. The zero-order valence-corrected chi connectivity index (χ0v) is 10.3. The van der Waals surface area contributed by atoms with Crippen LogP contribution in [0, 0.1) is 0 Å². The van der Waals surface area contributed by atoms with Crippen LogP contribution in [0.25, 0.3) is 11.0 Å². The number of nitrogens with zero attached hydrogens (tertiary/aromatic N) is 2. The summed E-state index contributed by atoms with van der Waals surface area (Å²) in [5.41, 5.74) is 2.55. The Bertz CT molecular complexity index is 652. The van der Waals surface area contributed by atoms with E-state index in [2.05, 4.69) is 15.1 Å². The summed E-state index contributed by atoms with van der Waals surface area (Å²) in [6.45, 7) is 0. The van der Waals surface area contributed by atoms with Gasteiger partial charge >= 0.3 is 0 Å². The van der Waals surface area contributed by atoms with Crippen molar-refractivity contribution < 1.29 is 5.21 Å². The molecule has 0 bridgehead atoms. The van der Waals surface area contributed by atoms with Gasteiger partial charge in [0.2, 0.25) is 0 Å². The first kappa shape index (κ1) is 11.0. The second kappa shape index (κ2) is 4.62. The predicted molar refractivity (Wildman–Crippen MR) is 72.4 cm³/mol. The van der Waals surface area contributed by atoms with E-state index in [1.807, 2.05) is 41.8 Å². The fraction of sp³-hybridized carbons (Fsp3) is 0.0769. The van der Waals surface area contributed by atoms with Gasteiger partial charge in [-0.1, -0.05) is 23.4 Å². The van der Waals surface area contributed by atoms with Crippen LogP contribution in [0.15, 0.2) is 46.9 Å². The first-order valence-electron chi connectivity index (χ1n) is 5.55. The molecule has 4 nitrogen and oxygen atoms in total. The van der Waals surface area contributed by atoms with E-state index >= 15 is 0 Å². The number of rotatable bonds is 3. The van der Waals surface area contributed by atoms with Crippen molar-refractivity contribution in [2.45, 2.75) is 6.42 Å². The third kappa shape index (κ3) is 2.00. The maximum absolute atomic E-state index is 9.09. The molecular formula is C13H11N3OS. The van der Waals surface area contributed by atoms with Crippen molar-refractivity contribution >= 4 is 28.1 Å². The van der Waals surface area contributed by atoms with Crippen LogP contribution in [0.5, 0.6) is 0 Å². The predicted octanol–water partition coefficient (Wildman–Crippen LogP) is 3.05. The molecule has 0 aliphatic carbocycles. The van der Waals surface area contributed by atoms with E-state index in [0.717, 1.165) is 21.7 Å². The van der Waals surface area contributed by atoms with Crippen LogP contribution >= 0.6 is 11.3 Å². The highest BCUT2D eigenvalue weighted by molar-refractivity contribution is 7.12. The number of para-hydroxylation sites is 2. The molecule has 0 saturated carbocycles. The second-order valence-corrected chi connectivity index (χ2v) is 4.85. The van der Waals surface area contributed by atoms with Crippen LogP contribution in [0.1, 0.15) is 10.7 Å². The highest BCUT2D eigenvalue weighted by Gasteiger charge is 2.10. The molecule has 0 amide bonds. The monoisotopic (exact) mass is 257 g/mol. The van der Waals surface area contributed by atoms with Gasteiger partial charge in [0.15, 0.2) is 0 Å². The lowest BCUT2D eigenvalue weighted by atomic mass is 10.2. The second-order valence-electron chi connectivity index (χ2n) is 3.90. The number of oxime groups is 1. The molecule has 2 N–H and O–H groups in total. The number of hydrogen-bond acceptors (Lipinski definition) is 4. The van der Waals surface area contributed by atoms with Crippen LogP contribution in [-0.4, -0.2) is 20.9 Å². The number of aromatic nitrogens is 2. The van der Waals surface area contributed by atoms with Gasteiger partial charge in [0.1, 0.15) is 11.5 Å². The molecule has 0 atom stereocenters. The van der Waals surface area contributed by atoms with Gasteiger partial charge in [0, 0.05) is 0 Å². The van der Waals surface area contributed by atoms with Gasteiger partial charge in [0.05, 0.1) is 22.3 Å². The van der Waals surface area contributed by atoms with Crippen molar-refractivity contribution in [2.75, 3.05) is 0 Å². The van der Waals surface area contributed by atoms with E-state index in [4.69, 9.17) is 5.21 Å². The number of fused-ring (bicyclic) bond motifs is 1. The summed E-state index contributed by atoms with van der Waals surface area (Å²) in [7, 11) is 0. The van der Waals surface area contributed by atoms with Gasteiger partial charge in [-0.25, -0.2) is 4.98 Å². The molecule has 5 heteroatoms. The molecule has 0 fully saturated rings. The summed E-state index contributed by atoms with van der Waals surface area (Å²) in [6.07, 6.45) is 0.492. The molecule has 18 heavy (non-hydrogen) atoms. The van der Waals surface area contributed by atoms with Crippen molar-refractivity contribution in [3.05, 3.63) is 52.5 Å². The number of imidazole rings is 1. The summed E-state index contributed by atoms with van der Waals surface area (Å²) < 4.78 is 0. The highest BCUT2D eigenvalue weighted by atomic mass is 32.1. The number of hydrogen-bond donors (Lipinski definition) is 2. The molecule has 2 aromatic heterocycles. The zero-order chi connectivity index (χ0) is 12.4. The molecule has 2 heterocycles. The summed E-state index contributed by atoms with van der Waals surface area (Å²) in [4.78, 5) is 8.65. The van der Waals surface area contributed by atoms with Crippen LogP contribution < -0.4 is 0 Å². The van der Waals surface area contributed by atoms with Gasteiger partial charge in [-0.05, 0) is 23.6 Å². The van der Waals surface area contributed by atoms with Crippen molar-refractivity contribution in [1.29, 1.82) is 0 Å². The molecule has 0 saturated heterocycles. The van der Waals surface area contributed by atoms with E-state index in [0.29, 0.717) is 12.1 Å². The van der Waals surface area contributed by atoms with Gasteiger partial charge in [-0.3, -0.25) is 0 Å². The number of nitrogens with one attached hydrogen (secondary N) is 1. The van der Waals surface area contributed by atoms with Crippen LogP contribution in [0.4, 0.5) is 0 Å². The van der Waals surface area contributed by atoms with Crippen molar-refractivity contribution in [3.63, 3.8) is 0 Å². The van der Waals surface area contributed by atoms with Crippen molar-refractivity contribution in [3.8, 4) is 0 Å². The Morgan fingerprint density at radius 1 is 1.28 bits per heavy atom. The minimum absolute atomic E-state index is 0.492. The number of benzene rings is 1. The Morgan fingerprint density at radius 2 is 2.17 bits per heavy atom. The number of H-pyrrole nitrogens is 1. The zero-order valence-electron chi connectivity index (χ0n) is 9.50. The molecule has 1 aromatic carbocycles. The van der Waals surface area contributed by atoms with Gasteiger partial charge in [-0.15, -0.1) is 11.3 Å². The maximum atomic E-state index is 9.09. The lowest BCUT2D eigenvalue weighted by Gasteiger charge is -1.98. The third-order valence-corrected chi connectivity index (χ3v) is 3.62. The topological polar surface area (TPSA) is 61.3 Å². The lowest BCUT2D eigenvalue weighted by molar-refractivity contribution is 0.318. The minimum atomic E-state index is 0.492. The van der Waals surface area contributed by atoms with Gasteiger partial charge in [-0.2, -0.15) is 0 Å². The van der Waals surface area contributed by atoms with Crippen molar-refractivity contribution in [1.82, 2.24) is 9.97 Å². The molecule has 90 valence electrons. The smallest absolute Gasteiger partial charge is 0.113 e. The Hall–Kier alpha value is -2.14. The first-order valence-corrected chi connectivity index (χ1v) is 6.43. The quantitative estimate of drug-likeness (QED) is 0.430. The standard InChI is InChI=1S/C13H11N3OS/c17-16-11(12-6-3-7-18-12)8-13-14-9-4-1-2-5-10(9)15-13/h1-7,17H,8H2,(H,14,15)/b16-11+. The average Bonchev–Trinajstić information content (AvgIpc) is 3.04. The Labute approximate surface area is 108 Å². The molecule has 0 spiro atoms. The Morgan fingerprint density at radius 3 is 2.89 bits per heavy atom. The molecule has 3 rings (SSSR count). The van der Waals surface area contributed by atoms with E-state index in [9.17, 15) is 0 Å². The average molecular weight is 257 g/mol. The molecule has 0 unspecified atom stereocenters. The van der Waals surface area contributed by atoms with Gasteiger partial charge < -0.3 is 10.2 Å². The van der Waals surface area contributed by atoms with Crippen LogP contribution in [0.2, 0.25) is 0 Å². The minimum Gasteiger partial charge on any atom is -0.411 e. The van der Waals surface area contributed by atoms with E-state index in [1.165, 1.54) is 0 Å². The first-order chi connectivity index (χ1) is 8.86. The summed E-state index contributed by atoms with van der Waals surface area (Å²) >= 11 is 1.55. The van der Waals surface area contributed by atoms with E-state index < -0.39 is 0 Å². The molecule has 0 aliphatic rings. The number of thiophene rings is 1. The normalized spacial score (nSPS) is 12.1. The molecular weight excluding hydrogens is 246 g/mol. The van der Waals surface area contributed by atoms with E-state index in [-0.39, 0.29) is 0 Å². The third-order valence-electron chi connectivity index (χ3n) is 2.70. The summed E-state index contributed by atoms with van der Waals surface area (Å²) in [6, 6.07) is 11.7. The maximum Gasteiger partial charge on any atom is 0.113 e. The fourth-order valence-electron chi connectivity index (χ4n) is 1.86. The van der Waals surface area contributed by atoms with Crippen LogP contribution in [0.3, 0.4) is 0 Å². The van der Waals surface area contributed by atoms with E-state index in [1.54, 1.807) is 11.3 Å². The van der Waals surface area contributed by atoms with Crippen LogP contribution in [-0.2, 0) is 6.42 Å². The Kier molecular flexibility index (Phi) is 2.82. The highest BCUT2D eigenvalue weighted by Crippen LogP contribution is 2.15. The lowest BCUT2D eigenvalue weighted by Crippen LogP contribution is -2.04. The Balaban J connectivity index is 1.92. The summed E-state index contributed by atoms with van der Waals surface area (Å²) in [5.74, 6) is 0.803. The molecule has 3 aromatic rings. The molecule has 0 aliphatic heterocycles. The van der Waals surface area contributed by atoms with Gasteiger partial charge in [0.25, 0.3) is 0 Å². The fourth-order valence-corrected chi connectivity index (χ4v) is 2.57. The SMILES string of the molecule is O/N=C(\Cc1nc2ccccc2[nH]1)c1cccs1. The largest absolute Gasteiger partial charge is 0.411 e. The van der Waals surface area contributed by atoms with Crippen molar-refractivity contribution in [2.24, 2.45) is 5.16 Å². The summed E-state index contributed by atoms with van der Waals surface area (Å²) in [5, 5.41) is 14.4. The molecule has 0 radical (unpaired) electrons.